The van der Waals surface area contributed by atoms with Crippen molar-refractivity contribution in [1.82, 2.24) is 4.90 Å². The number of hydrogen-bond acceptors (Lipinski definition) is 3. The zero-order valence-electron chi connectivity index (χ0n) is 12.6. The molecule has 1 saturated heterocycles. The molecule has 1 fully saturated rings. The standard InChI is InChI=1S/C15H27NO3/c1-12(6-5-11-17)13-7-9-16(10-8-13)14(18)19-15(2,3)4/h11-13H,5-10H2,1-4H3. The van der Waals surface area contributed by atoms with Crippen LogP contribution in [0.4, 0.5) is 4.79 Å². The van der Waals surface area contributed by atoms with E-state index in [-0.39, 0.29) is 6.09 Å². The van der Waals surface area contributed by atoms with Crippen molar-refractivity contribution < 1.29 is 14.3 Å². The molecule has 19 heavy (non-hydrogen) atoms. The van der Waals surface area contributed by atoms with E-state index < -0.39 is 5.60 Å². The molecule has 1 aliphatic heterocycles. The highest BCUT2D eigenvalue weighted by Crippen LogP contribution is 2.28. The number of nitrogens with zero attached hydrogens (tertiary/aromatic N) is 1. The number of hydrogen-bond donors (Lipinski definition) is 0. The number of rotatable bonds is 4. The maximum atomic E-state index is 11.9. The summed E-state index contributed by atoms with van der Waals surface area (Å²) in [4.78, 5) is 24.1. The number of aldehydes is 1. The van der Waals surface area contributed by atoms with Crippen LogP contribution in [0.2, 0.25) is 0 Å². The molecule has 4 nitrogen and oxygen atoms in total. The zero-order valence-corrected chi connectivity index (χ0v) is 12.6. The lowest BCUT2D eigenvalue weighted by molar-refractivity contribution is -0.108. The summed E-state index contributed by atoms with van der Waals surface area (Å²) >= 11 is 0. The Morgan fingerprint density at radius 1 is 1.37 bits per heavy atom. The zero-order chi connectivity index (χ0) is 14.5. The summed E-state index contributed by atoms with van der Waals surface area (Å²) in [5, 5.41) is 0. The highest BCUT2D eigenvalue weighted by atomic mass is 16.6. The molecule has 0 bridgehead atoms. The third-order valence-electron chi connectivity index (χ3n) is 3.74. The van der Waals surface area contributed by atoms with Crippen LogP contribution in [0.5, 0.6) is 0 Å². The summed E-state index contributed by atoms with van der Waals surface area (Å²) in [7, 11) is 0. The van der Waals surface area contributed by atoms with Crippen molar-refractivity contribution in [3.05, 3.63) is 0 Å². The summed E-state index contributed by atoms with van der Waals surface area (Å²) in [6.45, 7) is 9.41. The highest BCUT2D eigenvalue weighted by molar-refractivity contribution is 5.68. The third-order valence-corrected chi connectivity index (χ3v) is 3.74. The Morgan fingerprint density at radius 3 is 2.42 bits per heavy atom. The van der Waals surface area contributed by atoms with Crippen molar-refractivity contribution in [1.29, 1.82) is 0 Å². The maximum Gasteiger partial charge on any atom is 0.410 e. The van der Waals surface area contributed by atoms with Crippen LogP contribution >= 0.6 is 0 Å². The molecule has 0 saturated carbocycles. The fourth-order valence-electron chi connectivity index (χ4n) is 2.54. The van der Waals surface area contributed by atoms with Gasteiger partial charge in [0.05, 0.1) is 0 Å². The summed E-state index contributed by atoms with van der Waals surface area (Å²) in [5.74, 6) is 1.18. The van der Waals surface area contributed by atoms with Crippen LogP contribution in [0.3, 0.4) is 0 Å². The molecule has 4 heteroatoms. The van der Waals surface area contributed by atoms with E-state index in [1.165, 1.54) is 0 Å². The normalized spacial score (nSPS) is 19.1. The van der Waals surface area contributed by atoms with Gasteiger partial charge in [0.15, 0.2) is 0 Å². The van der Waals surface area contributed by atoms with E-state index in [0.717, 1.165) is 38.6 Å². The van der Waals surface area contributed by atoms with Gasteiger partial charge < -0.3 is 14.4 Å². The molecule has 0 spiro atoms. The lowest BCUT2D eigenvalue weighted by Crippen LogP contribution is -2.42. The van der Waals surface area contributed by atoms with Gasteiger partial charge in [-0.2, -0.15) is 0 Å². The van der Waals surface area contributed by atoms with E-state index in [4.69, 9.17) is 4.74 Å². The smallest absolute Gasteiger partial charge is 0.410 e. The summed E-state index contributed by atoms with van der Waals surface area (Å²) in [6.07, 6.45) is 4.42. The molecular weight excluding hydrogens is 242 g/mol. The molecule has 0 radical (unpaired) electrons. The first kappa shape index (κ1) is 16.0. The molecule has 1 atom stereocenters. The van der Waals surface area contributed by atoms with Crippen LogP contribution in [-0.4, -0.2) is 36.0 Å². The SMILES string of the molecule is CC(CCC=O)C1CCN(C(=O)OC(C)(C)C)CC1. The van der Waals surface area contributed by atoms with E-state index in [2.05, 4.69) is 6.92 Å². The van der Waals surface area contributed by atoms with Crippen LogP contribution in [0.15, 0.2) is 0 Å². The van der Waals surface area contributed by atoms with Gasteiger partial charge in [0, 0.05) is 19.5 Å². The van der Waals surface area contributed by atoms with Crippen LogP contribution in [0.25, 0.3) is 0 Å². The van der Waals surface area contributed by atoms with E-state index >= 15 is 0 Å². The molecule has 1 rings (SSSR count). The lowest BCUT2D eigenvalue weighted by Gasteiger charge is -2.35. The number of likely N-dealkylation sites (tertiary alicyclic amines) is 1. The number of amides is 1. The third kappa shape index (κ3) is 5.62. The van der Waals surface area contributed by atoms with Crippen molar-refractivity contribution in [3.8, 4) is 0 Å². The minimum atomic E-state index is -0.425. The molecule has 0 aromatic carbocycles. The Morgan fingerprint density at radius 2 is 1.95 bits per heavy atom. The van der Waals surface area contributed by atoms with E-state index in [0.29, 0.717) is 18.3 Å². The monoisotopic (exact) mass is 269 g/mol. The van der Waals surface area contributed by atoms with Gasteiger partial charge in [-0.3, -0.25) is 0 Å². The van der Waals surface area contributed by atoms with Gasteiger partial charge in [-0.15, -0.1) is 0 Å². The molecule has 110 valence electrons. The second kappa shape index (κ2) is 6.92. The Kier molecular flexibility index (Phi) is 5.83. The fourth-order valence-corrected chi connectivity index (χ4v) is 2.54. The largest absolute Gasteiger partial charge is 0.444 e. The van der Waals surface area contributed by atoms with Gasteiger partial charge in [0.25, 0.3) is 0 Å². The first-order valence-electron chi connectivity index (χ1n) is 7.25. The summed E-state index contributed by atoms with van der Waals surface area (Å²) in [6, 6.07) is 0. The van der Waals surface area contributed by atoms with Crippen LogP contribution in [0, 0.1) is 11.8 Å². The quantitative estimate of drug-likeness (QED) is 0.736. The Labute approximate surface area is 116 Å². The summed E-state index contributed by atoms with van der Waals surface area (Å²) in [5.41, 5.74) is -0.425. The van der Waals surface area contributed by atoms with Crippen molar-refractivity contribution >= 4 is 12.4 Å². The maximum absolute atomic E-state index is 11.9. The lowest BCUT2D eigenvalue weighted by atomic mass is 9.83. The van der Waals surface area contributed by atoms with Gasteiger partial charge in [0.2, 0.25) is 0 Å². The topological polar surface area (TPSA) is 46.6 Å². The number of piperidine rings is 1. The molecule has 0 aromatic rings. The van der Waals surface area contributed by atoms with Crippen LogP contribution < -0.4 is 0 Å². The van der Waals surface area contributed by atoms with Crippen LogP contribution in [0.1, 0.15) is 53.4 Å². The molecule has 1 amide bonds. The minimum Gasteiger partial charge on any atom is -0.444 e. The molecule has 0 aliphatic carbocycles. The fraction of sp³-hybridized carbons (Fsp3) is 0.867. The van der Waals surface area contributed by atoms with Crippen molar-refractivity contribution in [3.63, 3.8) is 0 Å². The Hall–Kier alpha value is -1.06. The van der Waals surface area contributed by atoms with Crippen molar-refractivity contribution in [2.45, 2.75) is 59.0 Å². The van der Waals surface area contributed by atoms with Gasteiger partial charge in [-0.05, 0) is 51.9 Å². The van der Waals surface area contributed by atoms with Gasteiger partial charge >= 0.3 is 6.09 Å². The van der Waals surface area contributed by atoms with Crippen molar-refractivity contribution in [2.75, 3.05) is 13.1 Å². The number of carbonyl (C=O) groups is 2. The average molecular weight is 269 g/mol. The number of carbonyl (C=O) groups excluding carboxylic acids is 2. The molecule has 1 heterocycles. The average Bonchev–Trinajstić information content (AvgIpc) is 2.34. The van der Waals surface area contributed by atoms with E-state index in [1.807, 2.05) is 20.8 Å². The Bertz CT molecular complexity index is 301. The molecule has 1 aliphatic rings. The van der Waals surface area contributed by atoms with E-state index in [9.17, 15) is 9.59 Å². The predicted octanol–water partition coefficient (Wildman–Crippen LogP) is 3.25. The number of ether oxygens (including phenoxy) is 1. The molecule has 1 unspecified atom stereocenters. The van der Waals surface area contributed by atoms with E-state index in [1.54, 1.807) is 4.90 Å². The van der Waals surface area contributed by atoms with Gasteiger partial charge in [-0.1, -0.05) is 6.92 Å². The predicted molar refractivity (Wildman–Crippen MR) is 75.0 cm³/mol. The highest BCUT2D eigenvalue weighted by Gasteiger charge is 2.28. The van der Waals surface area contributed by atoms with Crippen LogP contribution in [-0.2, 0) is 9.53 Å². The van der Waals surface area contributed by atoms with Crippen molar-refractivity contribution in [2.24, 2.45) is 11.8 Å². The second-order valence-electron chi connectivity index (χ2n) is 6.53. The van der Waals surface area contributed by atoms with Gasteiger partial charge in [-0.25, -0.2) is 4.79 Å². The Balaban J connectivity index is 2.36. The minimum absolute atomic E-state index is 0.202. The molecular formula is C15H27NO3. The summed E-state index contributed by atoms with van der Waals surface area (Å²) < 4.78 is 5.38. The second-order valence-corrected chi connectivity index (χ2v) is 6.53. The van der Waals surface area contributed by atoms with Gasteiger partial charge in [0.1, 0.15) is 11.9 Å². The first-order valence-corrected chi connectivity index (χ1v) is 7.25. The first-order chi connectivity index (χ1) is 8.83. The molecule has 0 aromatic heterocycles. The molecule has 0 N–H and O–H groups in total.